The molecule has 1 unspecified atom stereocenters. The number of aryl methyl sites for hydroxylation is 1. The highest BCUT2D eigenvalue weighted by atomic mass is 32.2. The molecule has 1 N–H and O–H groups in total. The average molecular weight is 594 g/mol. The fourth-order valence-electron chi connectivity index (χ4n) is 5.09. The first-order valence-corrected chi connectivity index (χ1v) is 15.5. The maximum Gasteiger partial charge on any atom is 0.264 e. The number of nitrogens with zero attached hydrogens (tertiary/aromatic N) is 2. The highest BCUT2D eigenvalue weighted by molar-refractivity contribution is 7.92. The Kier molecular flexibility index (Phi) is 10.1. The third-order valence-corrected chi connectivity index (χ3v) is 9.40. The lowest BCUT2D eigenvalue weighted by Gasteiger charge is -2.33. The molecule has 0 bridgehead atoms. The zero-order chi connectivity index (χ0) is 30.3. The maximum absolute atomic E-state index is 14.1. The summed E-state index contributed by atoms with van der Waals surface area (Å²) in [6.45, 7) is 3.11. The number of anilines is 1. The maximum atomic E-state index is 14.1. The van der Waals surface area contributed by atoms with Crippen LogP contribution in [0.5, 0.6) is 11.5 Å². The molecule has 1 atom stereocenters. The number of hydrogen-bond donors (Lipinski definition) is 1. The van der Waals surface area contributed by atoms with E-state index in [0.717, 1.165) is 41.1 Å². The summed E-state index contributed by atoms with van der Waals surface area (Å²) in [4.78, 5) is 29.0. The molecule has 1 aliphatic carbocycles. The lowest BCUT2D eigenvalue weighted by molar-refractivity contribution is -0.139. The van der Waals surface area contributed by atoms with E-state index in [0.29, 0.717) is 11.5 Å². The Bertz CT molecular complexity index is 1470. The van der Waals surface area contributed by atoms with Gasteiger partial charge in [0.05, 0.1) is 24.8 Å². The second-order valence-corrected chi connectivity index (χ2v) is 12.4. The number of nitrogens with one attached hydrogen (secondary N) is 1. The van der Waals surface area contributed by atoms with Crippen molar-refractivity contribution in [1.29, 1.82) is 0 Å². The Morgan fingerprint density at radius 2 is 1.57 bits per heavy atom. The molecule has 0 aliphatic heterocycles. The molecular weight excluding hydrogens is 554 g/mol. The van der Waals surface area contributed by atoms with Crippen LogP contribution in [0.1, 0.15) is 43.7 Å². The number of ether oxygens (including phenoxy) is 2. The van der Waals surface area contributed by atoms with Crippen LogP contribution in [0, 0.1) is 6.92 Å². The van der Waals surface area contributed by atoms with Crippen LogP contribution in [0.3, 0.4) is 0 Å². The smallest absolute Gasteiger partial charge is 0.264 e. The Balaban J connectivity index is 1.71. The van der Waals surface area contributed by atoms with Gasteiger partial charge in [-0.25, -0.2) is 8.42 Å². The van der Waals surface area contributed by atoms with Crippen molar-refractivity contribution in [3.05, 3.63) is 83.9 Å². The minimum absolute atomic E-state index is 0.0422. The van der Waals surface area contributed by atoms with E-state index in [9.17, 15) is 18.0 Å². The fraction of sp³-hybridized carbons (Fsp3) is 0.375. The highest BCUT2D eigenvalue weighted by Crippen LogP contribution is 2.32. The van der Waals surface area contributed by atoms with Crippen LogP contribution < -0.4 is 19.1 Å². The summed E-state index contributed by atoms with van der Waals surface area (Å²) >= 11 is 0. The molecule has 0 spiro atoms. The molecule has 3 aromatic rings. The van der Waals surface area contributed by atoms with Gasteiger partial charge in [0.2, 0.25) is 11.8 Å². The van der Waals surface area contributed by atoms with E-state index in [1.807, 2.05) is 19.1 Å². The minimum atomic E-state index is -4.19. The molecule has 1 fully saturated rings. The molecule has 0 radical (unpaired) electrons. The third-order valence-electron chi connectivity index (χ3n) is 7.62. The Labute approximate surface area is 248 Å². The summed E-state index contributed by atoms with van der Waals surface area (Å²) in [5, 5.41) is 3.08. The Morgan fingerprint density at radius 3 is 2.19 bits per heavy atom. The van der Waals surface area contributed by atoms with Gasteiger partial charge in [0, 0.05) is 12.6 Å². The van der Waals surface area contributed by atoms with Gasteiger partial charge >= 0.3 is 0 Å². The zero-order valence-electron chi connectivity index (χ0n) is 24.6. The summed E-state index contributed by atoms with van der Waals surface area (Å²) in [7, 11) is -1.17. The summed E-state index contributed by atoms with van der Waals surface area (Å²) in [6, 6.07) is 19.5. The van der Waals surface area contributed by atoms with Gasteiger partial charge in [0.25, 0.3) is 10.0 Å². The second-order valence-electron chi connectivity index (χ2n) is 10.5. The lowest BCUT2D eigenvalue weighted by atomic mass is 10.1. The number of methoxy groups -OCH3 is 2. The van der Waals surface area contributed by atoms with Crippen molar-refractivity contribution in [2.24, 2.45) is 0 Å². The molecule has 1 aliphatic rings. The second kappa shape index (κ2) is 13.7. The van der Waals surface area contributed by atoms with Crippen LogP contribution in [0.15, 0.2) is 77.7 Å². The number of para-hydroxylation sites is 2. The van der Waals surface area contributed by atoms with Crippen LogP contribution in [0.25, 0.3) is 0 Å². The first-order valence-electron chi connectivity index (χ1n) is 14.1. The zero-order valence-corrected chi connectivity index (χ0v) is 25.4. The summed E-state index contributed by atoms with van der Waals surface area (Å²) in [5.41, 5.74) is 1.90. The largest absolute Gasteiger partial charge is 0.497 e. The van der Waals surface area contributed by atoms with Crippen molar-refractivity contribution in [3.8, 4) is 11.5 Å². The van der Waals surface area contributed by atoms with Crippen molar-refractivity contribution in [2.45, 2.75) is 63.1 Å². The molecule has 0 heterocycles. The minimum Gasteiger partial charge on any atom is -0.497 e. The lowest BCUT2D eigenvalue weighted by Crippen LogP contribution is -2.52. The van der Waals surface area contributed by atoms with Crippen LogP contribution in [0.4, 0.5) is 5.69 Å². The molecule has 1 saturated carbocycles. The number of rotatable bonds is 12. The molecule has 0 aromatic heterocycles. The Hall–Kier alpha value is -4.05. The fourth-order valence-corrected chi connectivity index (χ4v) is 6.51. The summed E-state index contributed by atoms with van der Waals surface area (Å²) in [6.07, 6.45) is 3.92. The summed E-state index contributed by atoms with van der Waals surface area (Å²) < 4.78 is 39.9. The van der Waals surface area contributed by atoms with Gasteiger partial charge in [-0.15, -0.1) is 0 Å². The van der Waals surface area contributed by atoms with Crippen LogP contribution >= 0.6 is 0 Å². The molecule has 10 heteroatoms. The van der Waals surface area contributed by atoms with Crippen molar-refractivity contribution in [1.82, 2.24) is 10.2 Å². The number of hydrogen-bond acceptors (Lipinski definition) is 6. The van der Waals surface area contributed by atoms with Crippen molar-refractivity contribution >= 4 is 27.5 Å². The first kappa shape index (κ1) is 30.9. The number of carbonyl (C=O) groups excluding carboxylic acids is 2. The predicted octanol–water partition coefficient (Wildman–Crippen LogP) is 4.68. The molecule has 4 rings (SSSR count). The van der Waals surface area contributed by atoms with Gasteiger partial charge in [-0.1, -0.05) is 54.8 Å². The Morgan fingerprint density at radius 1 is 0.929 bits per heavy atom. The normalized spacial score (nSPS) is 14.2. The van der Waals surface area contributed by atoms with Gasteiger partial charge in [0.15, 0.2) is 0 Å². The highest BCUT2D eigenvalue weighted by Gasteiger charge is 2.34. The average Bonchev–Trinajstić information content (AvgIpc) is 3.51. The van der Waals surface area contributed by atoms with E-state index >= 15 is 0 Å². The van der Waals surface area contributed by atoms with E-state index in [4.69, 9.17) is 9.47 Å². The summed E-state index contributed by atoms with van der Waals surface area (Å²) in [5.74, 6) is 0.167. The van der Waals surface area contributed by atoms with Gasteiger partial charge in [0.1, 0.15) is 24.1 Å². The van der Waals surface area contributed by atoms with Gasteiger partial charge in [-0.2, -0.15) is 0 Å². The van der Waals surface area contributed by atoms with Gasteiger partial charge in [-0.3, -0.25) is 13.9 Å². The van der Waals surface area contributed by atoms with Crippen LogP contribution in [0.2, 0.25) is 0 Å². The van der Waals surface area contributed by atoms with E-state index < -0.39 is 28.5 Å². The molecule has 2 amide bonds. The third kappa shape index (κ3) is 7.23. The molecule has 9 nitrogen and oxygen atoms in total. The monoisotopic (exact) mass is 593 g/mol. The molecule has 224 valence electrons. The SMILES string of the molecule is COc1ccc(CN(C(=O)CN(c2ccccc2OC)S(=O)(=O)c2ccc(C)cc2)C(C)C(=O)NC2CCCC2)cc1. The van der Waals surface area contributed by atoms with Crippen LogP contribution in [-0.4, -0.2) is 58.0 Å². The first-order chi connectivity index (χ1) is 20.1. The molecular formula is C32H39N3O6S. The number of amides is 2. The van der Waals surface area contributed by atoms with Gasteiger partial charge < -0.3 is 19.7 Å². The standard InChI is InChI=1S/C32H39N3O6S/c1-23-13-19-28(20-14-23)42(38,39)35(29-11-7-8-12-30(29)41-4)22-31(36)34(21-25-15-17-27(40-3)18-16-25)24(2)32(37)33-26-9-5-6-10-26/h7-8,11-20,24,26H,5-6,9-10,21-22H2,1-4H3,(H,33,37). The molecule has 3 aromatic carbocycles. The quantitative estimate of drug-likeness (QED) is 0.327. The molecule has 0 saturated heterocycles. The van der Waals surface area contributed by atoms with Crippen molar-refractivity contribution in [2.75, 3.05) is 25.1 Å². The topological polar surface area (TPSA) is 105 Å². The van der Waals surface area contributed by atoms with Crippen molar-refractivity contribution in [3.63, 3.8) is 0 Å². The predicted molar refractivity (Wildman–Crippen MR) is 162 cm³/mol. The van der Waals surface area contributed by atoms with E-state index in [1.54, 1.807) is 62.6 Å². The number of carbonyl (C=O) groups is 2. The van der Waals surface area contributed by atoms with E-state index in [-0.39, 0.29) is 29.1 Å². The van der Waals surface area contributed by atoms with E-state index in [2.05, 4.69) is 5.32 Å². The van der Waals surface area contributed by atoms with Gasteiger partial charge in [-0.05, 0) is 68.7 Å². The number of benzene rings is 3. The molecule has 42 heavy (non-hydrogen) atoms. The van der Waals surface area contributed by atoms with E-state index in [1.165, 1.54) is 24.1 Å². The van der Waals surface area contributed by atoms with Crippen molar-refractivity contribution < 1.29 is 27.5 Å². The van der Waals surface area contributed by atoms with Crippen LogP contribution in [-0.2, 0) is 26.2 Å². The number of sulfonamides is 1.